The lowest BCUT2D eigenvalue weighted by Crippen LogP contribution is -1.99. The highest BCUT2D eigenvalue weighted by molar-refractivity contribution is 5.80. The summed E-state index contributed by atoms with van der Waals surface area (Å²) in [4.78, 5) is 4.36. The minimum absolute atomic E-state index is 0.449. The summed E-state index contributed by atoms with van der Waals surface area (Å²) in [7, 11) is 1.93. The molecule has 3 aromatic rings. The molecule has 2 heterocycles. The average Bonchev–Trinajstić information content (AvgIpc) is 2.87. The van der Waals surface area contributed by atoms with E-state index >= 15 is 0 Å². The first kappa shape index (κ1) is 11.9. The summed E-state index contributed by atoms with van der Waals surface area (Å²) in [5.41, 5.74) is 11.6. The average molecular weight is 256 g/mol. The van der Waals surface area contributed by atoms with Gasteiger partial charge >= 0.3 is 0 Å². The number of fused-ring (bicyclic) bond motifs is 1. The smallest absolute Gasteiger partial charge is 0.192 e. The van der Waals surface area contributed by atoms with E-state index in [1.54, 1.807) is 0 Å². The van der Waals surface area contributed by atoms with Crippen LogP contribution in [0.2, 0.25) is 0 Å². The Morgan fingerprint density at radius 1 is 1.32 bits per heavy atom. The van der Waals surface area contributed by atoms with E-state index in [1.807, 2.05) is 43.8 Å². The Morgan fingerprint density at radius 3 is 2.79 bits per heavy atom. The lowest BCUT2D eigenvalue weighted by atomic mass is 10.1. The Hall–Kier alpha value is -2.14. The molecule has 19 heavy (non-hydrogen) atoms. The Balaban J connectivity index is 2.21. The SMILES string of the molecule is Cc1nc2cc(-c3c(C)c(CN)nn3C)ccc2o1. The second-order valence-corrected chi connectivity index (χ2v) is 4.66. The molecule has 0 amide bonds. The van der Waals surface area contributed by atoms with Crippen LogP contribution in [-0.2, 0) is 13.6 Å². The Morgan fingerprint density at radius 2 is 2.11 bits per heavy atom. The van der Waals surface area contributed by atoms with Crippen LogP contribution in [0, 0.1) is 13.8 Å². The van der Waals surface area contributed by atoms with Gasteiger partial charge in [0, 0.05) is 26.1 Å². The van der Waals surface area contributed by atoms with Crippen molar-refractivity contribution < 1.29 is 4.42 Å². The number of nitrogens with two attached hydrogens (primary N) is 1. The zero-order valence-corrected chi connectivity index (χ0v) is 11.3. The third-order valence-electron chi connectivity index (χ3n) is 3.34. The maximum Gasteiger partial charge on any atom is 0.192 e. The molecule has 3 rings (SSSR count). The predicted octanol–water partition coefficient (Wildman–Crippen LogP) is 2.30. The van der Waals surface area contributed by atoms with Gasteiger partial charge in [-0.25, -0.2) is 4.98 Å². The monoisotopic (exact) mass is 256 g/mol. The number of aromatic nitrogens is 3. The van der Waals surface area contributed by atoms with Crippen molar-refractivity contribution >= 4 is 11.1 Å². The van der Waals surface area contributed by atoms with Gasteiger partial charge in [0.25, 0.3) is 0 Å². The molecule has 1 aromatic carbocycles. The van der Waals surface area contributed by atoms with Crippen molar-refractivity contribution in [3.63, 3.8) is 0 Å². The fourth-order valence-corrected chi connectivity index (χ4v) is 2.47. The molecule has 5 nitrogen and oxygen atoms in total. The van der Waals surface area contributed by atoms with Gasteiger partial charge in [0.1, 0.15) is 5.52 Å². The van der Waals surface area contributed by atoms with E-state index in [2.05, 4.69) is 10.1 Å². The third-order valence-corrected chi connectivity index (χ3v) is 3.34. The number of benzene rings is 1. The van der Waals surface area contributed by atoms with E-state index in [0.29, 0.717) is 12.4 Å². The van der Waals surface area contributed by atoms with Crippen molar-refractivity contribution in [2.75, 3.05) is 0 Å². The number of nitrogens with zero attached hydrogens (tertiary/aromatic N) is 3. The number of rotatable bonds is 2. The van der Waals surface area contributed by atoms with E-state index in [-0.39, 0.29) is 0 Å². The predicted molar refractivity (Wildman–Crippen MR) is 73.6 cm³/mol. The van der Waals surface area contributed by atoms with Crippen LogP contribution in [-0.4, -0.2) is 14.8 Å². The van der Waals surface area contributed by atoms with Gasteiger partial charge in [-0.05, 0) is 30.7 Å². The standard InChI is InChI=1S/C14H16N4O/c1-8-12(7-15)17-18(3)14(8)10-4-5-13-11(6-10)16-9(2)19-13/h4-6H,7,15H2,1-3H3. The summed E-state index contributed by atoms with van der Waals surface area (Å²) in [5, 5.41) is 4.44. The first-order valence-electron chi connectivity index (χ1n) is 6.20. The molecule has 2 aromatic heterocycles. The van der Waals surface area contributed by atoms with Gasteiger partial charge in [0.05, 0.1) is 11.4 Å². The van der Waals surface area contributed by atoms with E-state index in [1.165, 1.54) is 0 Å². The first-order valence-corrected chi connectivity index (χ1v) is 6.20. The first-order chi connectivity index (χ1) is 9.10. The summed E-state index contributed by atoms with van der Waals surface area (Å²) in [5.74, 6) is 0.677. The maximum absolute atomic E-state index is 5.70. The number of aryl methyl sites for hydroxylation is 2. The van der Waals surface area contributed by atoms with Crippen LogP contribution in [0.1, 0.15) is 17.1 Å². The molecule has 0 radical (unpaired) electrons. The summed E-state index contributed by atoms with van der Waals surface area (Å²) in [6.45, 7) is 4.34. The van der Waals surface area contributed by atoms with Gasteiger partial charge < -0.3 is 10.2 Å². The number of oxazole rings is 1. The van der Waals surface area contributed by atoms with E-state index in [0.717, 1.165) is 33.6 Å². The molecule has 0 bridgehead atoms. The fraction of sp³-hybridized carbons (Fsp3) is 0.286. The van der Waals surface area contributed by atoms with E-state index in [9.17, 15) is 0 Å². The van der Waals surface area contributed by atoms with Crippen LogP contribution in [0.5, 0.6) is 0 Å². The molecular formula is C14H16N4O. The molecular weight excluding hydrogens is 240 g/mol. The molecule has 0 spiro atoms. The van der Waals surface area contributed by atoms with Crippen molar-refractivity contribution in [2.24, 2.45) is 12.8 Å². The van der Waals surface area contributed by atoms with Crippen LogP contribution in [0.3, 0.4) is 0 Å². The molecule has 98 valence electrons. The van der Waals surface area contributed by atoms with Gasteiger partial charge in [-0.1, -0.05) is 0 Å². The van der Waals surface area contributed by atoms with Crippen molar-refractivity contribution in [1.82, 2.24) is 14.8 Å². The highest BCUT2D eigenvalue weighted by atomic mass is 16.3. The summed E-state index contributed by atoms with van der Waals surface area (Å²) < 4.78 is 7.36. The van der Waals surface area contributed by atoms with Crippen molar-refractivity contribution in [1.29, 1.82) is 0 Å². The van der Waals surface area contributed by atoms with Gasteiger partial charge in [-0.2, -0.15) is 5.10 Å². The molecule has 0 aliphatic rings. The number of hydrogen-bond acceptors (Lipinski definition) is 4. The van der Waals surface area contributed by atoms with Crippen molar-refractivity contribution in [2.45, 2.75) is 20.4 Å². The maximum atomic E-state index is 5.70. The zero-order valence-electron chi connectivity index (χ0n) is 11.3. The third kappa shape index (κ3) is 1.82. The minimum Gasteiger partial charge on any atom is -0.441 e. The van der Waals surface area contributed by atoms with E-state index in [4.69, 9.17) is 10.2 Å². The second kappa shape index (κ2) is 4.20. The van der Waals surface area contributed by atoms with Gasteiger partial charge in [-0.15, -0.1) is 0 Å². The van der Waals surface area contributed by atoms with Crippen LogP contribution in [0.15, 0.2) is 22.6 Å². The molecule has 5 heteroatoms. The molecule has 0 saturated carbocycles. The minimum atomic E-state index is 0.449. The molecule has 2 N–H and O–H groups in total. The van der Waals surface area contributed by atoms with Crippen molar-refractivity contribution in [3.05, 3.63) is 35.3 Å². The highest BCUT2D eigenvalue weighted by Crippen LogP contribution is 2.28. The zero-order chi connectivity index (χ0) is 13.6. The van der Waals surface area contributed by atoms with Gasteiger partial charge in [-0.3, -0.25) is 4.68 Å². The second-order valence-electron chi connectivity index (χ2n) is 4.66. The quantitative estimate of drug-likeness (QED) is 0.763. The van der Waals surface area contributed by atoms with Crippen LogP contribution >= 0.6 is 0 Å². The molecule has 0 unspecified atom stereocenters. The van der Waals surface area contributed by atoms with Crippen LogP contribution in [0.4, 0.5) is 0 Å². The molecule has 0 aliphatic carbocycles. The summed E-state index contributed by atoms with van der Waals surface area (Å²) in [6, 6.07) is 5.99. The lowest BCUT2D eigenvalue weighted by molar-refractivity contribution is 0.561. The summed E-state index contributed by atoms with van der Waals surface area (Å²) in [6.07, 6.45) is 0. The van der Waals surface area contributed by atoms with Crippen molar-refractivity contribution in [3.8, 4) is 11.3 Å². The Bertz CT molecular complexity index is 754. The molecule has 0 aliphatic heterocycles. The van der Waals surface area contributed by atoms with Gasteiger partial charge in [0.15, 0.2) is 11.5 Å². The summed E-state index contributed by atoms with van der Waals surface area (Å²) >= 11 is 0. The molecule has 0 fully saturated rings. The lowest BCUT2D eigenvalue weighted by Gasteiger charge is -2.03. The highest BCUT2D eigenvalue weighted by Gasteiger charge is 2.14. The van der Waals surface area contributed by atoms with E-state index < -0.39 is 0 Å². The topological polar surface area (TPSA) is 69.9 Å². The normalized spacial score (nSPS) is 11.4. The fourth-order valence-electron chi connectivity index (χ4n) is 2.47. The van der Waals surface area contributed by atoms with Gasteiger partial charge in [0.2, 0.25) is 0 Å². The Labute approximate surface area is 111 Å². The van der Waals surface area contributed by atoms with Crippen LogP contribution < -0.4 is 5.73 Å². The molecule has 0 saturated heterocycles. The Kier molecular flexibility index (Phi) is 2.64. The number of hydrogen-bond donors (Lipinski definition) is 1. The molecule has 0 atom stereocenters. The van der Waals surface area contributed by atoms with Crippen LogP contribution in [0.25, 0.3) is 22.4 Å². The largest absolute Gasteiger partial charge is 0.441 e.